The highest BCUT2D eigenvalue weighted by molar-refractivity contribution is 6.07. The fourth-order valence-electron chi connectivity index (χ4n) is 3.88. The topological polar surface area (TPSA) is 37.4 Å². The Bertz CT molecular complexity index is 487. The summed E-state index contributed by atoms with van der Waals surface area (Å²) < 4.78 is 0. The summed E-state index contributed by atoms with van der Waals surface area (Å²) in [6.45, 7) is 0. The van der Waals surface area contributed by atoms with E-state index in [4.69, 9.17) is 0 Å². The zero-order valence-electron chi connectivity index (χ0n) is 10.0. The van der Waals surface area contributed by atoms with Crippen molar-refractivity contribution >= 4 is 11.8 Å². The van der Waals surface area contributed by atoms with E-state index in [1.165, 1.54) is 0 Å². The Morgan fingerprint density at radius 3 is 2.06 bits per heavy atom. The van der Waals surface area contributed by atoms with E-state index in [1.807, 2.05) is 24.3 Å². The smallest absolute Gasteiger partial charge is 0.237 e. The molecule has 1 saturated carbocycles. The van der Waals surface area contributed by atoms with Gasteiger partial charge in [0.1, 0.15) is 0 Å². The first kappa shape index (κ1) is 10.3. The van der Waals surface area contributed by atoms with Gasteiger partial charge in [0.2, 0.25) is 11.8 Å². The number of hydrogen-bond acceptors (Lipinski definition) is 2. The van der Waals surface area contributed by atoms with Crippen LogP contribution >= 0.6 is 0 Å². The molecule has 2 bridgehead atoms. The summed E-state index contributed by atoms with van der Waals surface area (Å²) in [4.78, 5) is 26.4. The second kappa shape index (κ2) is 3.44. The predicted molar refractivity (Wildman–Crippen MR) is 66.3 cm³/mol. The second-order valence-electron chi connectivity index (χ2n) is 5.72. The Kier molecular flexibility index (Phi) is 1.97. The van der Waals surface area contributed by atoms with E-state index in [0.29, 0.717) is 11.8 Å². The van der Waals surface area contributed by atoms with Crippen LogP contribution in [0, 0.1) is 23.7 Å². The van der Waals surface area contributed by atoms with E-state index in [1.54, 1.807) is 4.90 Å². The second-order valence-corrected chi connectivity index (χ2v) is 5.72. The van der Waals surface area contributed by atoms with E-state index in [2.05, 4.69) is 12.2 Å². The molecule has 0 N–H and O–H groups in total. The third kappa shape index (κ3) is 1.19. The van der Waals surface area contributed by atoms with E-state index in [0.717, 1.165) is 12.8 Å². The highest BCUT2D eigenvalue weighted by Crippen LogP contribution is 2.45. The zero-order valence-corrected chi connectivity index (χ0v) is 10.0. The SMILES string of the molecule is O=C1C2C=CC=CC2C(=O)N1C1CC2C=CC1C2. The van der Waals surface area contributed by atoms with Gasteiger partial charge in [-0.15, -0.1) is 0 Å². The molecule has 3 heteroatoms. The predicted octanol–water partition coefficient (Wildman–Crippen LogP) is 1.68. The lowest BCUT2D eigenvalue weighted by Crippen LogP contribution is -2.42. The molecule has 0 radical (unpaired) electrons. The van der Waals surface area contributed by atoms with Gasteiger partial charge in [-0.3, -0.25) is 14.5 Å². The molecule has 5 atom stereocenters. The minimum absolute atomic E-state index is 0.0107. The quantitative estimate of drug-likeness (QED) is 0.517. The Morgan fingerprint density at radius 2 is 1.56 bits per heavy atom. The molecule has 18 heavy (non-hydrogen) atoms. The number of fused-ring (bicyclic) bond motifs is 3. The minimum Gasteiger partial charge on any atom is -0.278 e. The van der Waals surface area contributed by atoms with Crippen molar-refractivity contribution in [3.05, 3.63) is 36.5 Å². The van der Waals surface area contributed by atoms with Gasteiger partial charge in [-0.1, -0.05) is 36.5 Å². The molecule has 3 nitrogen and oxygen atoms in total. The van der Waals surface area contributed by atoms with Crippen LogP contribution in [0.25, 0.3) is 0 Å². The number of allylic oxidation sites excluding steroid dienone is 3. The lowest BCUT2D eigenvalue weighted by Gasteiger charge is -2.27. The third-order valence-electron chi connectivity index (χ3n) is 4.76. The fraction of sp³-hybridized carbons (Fsp3) is 0.467. The van der Waals surface area contributed by atoms with Crippen LogP contribution in [-0.2, 0) is 9.59 Å². The molecular formula is C15H15NO2. The normalized spacial score (nSPS) is 44.2. The molecule has 1 saturated heterocycles. The van der Waals surface area contributed by atoms with Crippen molar-refractivity contribution in [1.29, 1.82) is 0 Å². The zero-order chi connectivity index (χ0) is 12.3. The van der Waals surface area contributed by atoms with Crippen molar-refractivity contribution in [1.82, 2.24) is 4.90 Å². The molecule has 1 heterocycles. The number of nitrogens with zero attached hydrogens (tertiary/aromatic N) is 1. The summed E-state index contributed by atoms with van der Waals surface area (Å²) in [6.07, 6.45) is 14.0. The standard InChI is InChI=1S/C15H15NO2/c17-14-11-3-1-2-4-12(11)15(18)16(14)13-8-9-5-6-10(13)7-9/h1-6,9-13H,7-8H2. The molecule has 0 aromatic heterocycles. The van der Waals surface area contributed by atoms with Gasteiger partial charge in [0, 0.05) is 6.04 Å². The van der Waals surface area contributed by atoms with Crippen LogP contribution in [0.15, 0.2) is 36.5 Å². The van der Waals surface area contributed by atoms with Crippen molar-refractivity contribution in [3.8, 4) is 0 Å². The van der Waals surface area contributed by atoms with E-state index >= 15 is 0 Å². The summed E-state index contributed by atoms with van der Waals surface area (Å²) in [5.41, 5.74) is 0. The van der Waals surface area contributed by atoms with Crippen molar-refractivity contribution in [2.24, 2.45) is 23.7 Å². The summed E-state index contributed by atoms with van der Waals surface area (Å²) in [5.74, 6) is 0.509. The molecule has 3 aliphatic carbocycles. The minimum atomic E-state index is -0.245. The number of carbonyl (C=O) groups is 2. The Labute approximate surface area is 106 Å². The molecular weight excluding hydrogens is 226 g/mol. The molecule has 4 aliphatic rings. The Hall–Kier alpha value is -1.64. The lowest BCUT2D eigenvalue weighted by molar-refractivity contribution is -0.142. The molecule has 92 valence electrons. The molecule has 4 rings (SSSR count). The van der Waals surface area contributed by atoms with Crippen molar-refractivity contribution in [2.45, 2.75) is 18.9 Å². The van der Waals surface area contributed by atoms with Gasteiger partial charge in [0.25, 0.3) is 0 Å². The van der Waals surface area contributed by atoms with Gasteiger partial charge in [-0.05, 0) is 24.7 Å². The van der Waals surface area contributed by atoms with Crippen LogP contribution in [0.5, 0.6) is 0 Å². The van der Waals surface area contributed by atoms with Crippen LogP contribution in [0.3, 0.4) is 0 Å². The number of carbonyl (C=O) groups excluding carboxylic acids is 2. The van der Waals surface area contributed by atoms with Crippen LogP contribution in [0.2, 0.25) is 0 Å². The van der Waals surface area contributed by atoms with Gasteiger partial charge >= 0.3 is 0 Å². The van der Waals surface area contributed by atoms with Crippen molar-refractivity contribution < 1.29 is 9.59 Å². The summed E-state index contributed by atoms with van der Waals surface area (Å²) in [7, 11) is 0. The molecule has 5 unspecified atom stereocenters. The van der Waals surface area contributed by atoms with Gasteiger partial charge in [-0.2, -0.15) is 0 Å². The molecule has 1 aliphatic heterocycles. The van der Waals surface area contributed by atoms with E-state index in [9.17, 15) is 9.59 Å². The van der Waals surface area contributed by atoms with E-state index in [-0.39, 0.29) is 29.7 Å². The maximum Gasteiger partial charge on any atom is 0.237 e. The molecule has 2 fully saturated rings. The molecule has 0 aromatic carbocycles. The number of hydrogen-bond donors (Lipinski definition) is 0. The number of amides is 2. The molecule has 0 spiro atoms. The number of likely N-dealkylation sites (tertiary alicyclic amines) is 1. The Balaban J connectivity index is 1.68. The first-order valence-electron chi connectivity index (χ1n) is 6.66. The van der Waals surface area contributed by atoms with Gasteiger partial charge in [0.05, 0.1) is 11.8 Å². The maximum atomic E-state index is 12.4. The van der Waals surface area contributed by atoms with Crippen molar-refractivity contribution in [2.75, 3.05) is 0 Å². The maximum absolute atomic E-state index is 12.4. The largest absolute Gasteiger partial charge is 0.278 e. The van der Waals surface area contributed by atoms with Crippen LogP contribution in [0.1, 0.15) is 12.8 Å². The average Bonchev–Trinajstić information content (AvgIpc) is 3.06. The van der Waals surface area contributed by atoms with Gasteiger partial charge in [0.15, 0.2) is 0 Å². The summed E-state index contributed by atoms with van der Waals surface area (Å²) in [6, 6.07) is 0.118. The van der Waals surface area contributed by atoms with Gasteiger partial charge < -0.3 is 0 Å². The highest BCUT2D eigenvalue weighted by atomic mass is 16.2. The lowest BCUT2D eigenvalue weighted by atomic mass is 9.91. The first-order valence-corrected chi connectivity index (χ1v) is 6.66. The van der Waals surface area contributed by atoms with Crippen LogP contribution < -0.4 is 0 Å². The van der Waals surface area contributed by atoms with Crippen molar-refractivity contribution in [3.63, 3.8) is 0 Å². The third-order valence-corrected chi connectivity index (χ3v) is 4.76. The van der Waals surface area contributed by atoms with Gasteiger partial charge in [-0.25, -0.2) is 0 Å². The first-order chi connectivity index (χ1) is 8.75. The fourth-order valence-corrected chi connectivity index (χ4v) is 3.88. The highest BCUT2D eigenvalue weighted by Gasteiger charge is 2.52. The summed E-state index contributed by atoms with van der Waals surface area (Å²) >= 11 is 0. The number of rotatable bonds is 1. The monoisotopic (exact) mass is 241 g/mol. The summed E-state index contributed by atoms with van der Waals surface area (Å²) in [5, 5.41) is 0. The molecule has 2 amide bonds. The van der Waals surface area contributed by atoms with E-state index < -0.39 is 0 Å². The molecule has 0 aromatic rings. The van der Waals surface area contributed by atoms with Crippen LogP contribution in [0.4, 0.5) is 0 Å². The average molecular weight is 241 g/mol. The van der Waals surface area contributed by atoms with Crippen LogP contribution in [-0.4, -0.2) is 22.8 Å². The Morgan fingerprint density at radius 1 is 0.889 bits per heavy atom. The number of imide groups is 1.